The number of aryl methyl sites for hydroxylation is 1. The third kappa shape index (κ3) is 1.88. The van der Waals surface area contributed by atoms with Gasteiger partial charge in [-0.05, 0) is 41.0 Å². The highest BCUT2D eigenvalue weighted by atomic mass is 16.3. The first kappa shape index (κ1) is 13.4. The van der Waals surface area contributed by atoms with Crippen molar-refractivity contribution in [3.8, 4) is 11.1 Å². The van der Waals surface area contributed by atoms with Gasteiger partial charge in [-0.1, -0.05) is 66.7 Å². The first-order chi connectivity index (χ1) is 11.8. The molecule has 1 heteroatoms. The quantitative estimate of drug-likeness (QED) is 0.335. The lowest BCUT2D eigenvalue weighted by Gasteiger charge is -2.06. The molecule has 5 rings (SSSR count). The van der Waals surface area contributed by atoms with Gasteiger partial charge in [-0.15, -0.1) is 0 Å². The Bertz CT molecular complexity index is 1200. The maximum atomic E-state index is 6.33. The van der Waals surface area contributed by atoms with Gasteiger partial charge >= 0.3 is 0 Å². The maximum absolute atomic E-state index is 6.33. The molecule has 0 aliphatic carbocycles. The van der Waals surface area contributed by atoms with Crippen molar-refractivity contribution in [2.24, 2.45) is 0 Å². The topological polar surface area (TPSA) is 13.1 Å². The molecule has 0 bridgehead atoms. The van der Waals surface area contributed by atoms with Crippen LogP contribution in [0.3, 0.4) is 0 Å². The van der Waals surface area contributed by atoms with Crippen LogP contribution in [0.4, 0.5) is 0 Å². The Balaban J connectivity index is 2.04. The molecule has 0 saturated carbocycles. The van der Waals surface area contributed by atoms with Crippen molar-refractivity contribution in [2.75, 3.05) is 0 Å². The molecule has 24 heavy (non-hydrogen) atoms. The molecule has 0 saturated heterocycles. The van der Waals surface area contributed by atoms with E-state index in [9.17, 15) is 0 Å². The molecule has 0 aliphatic rings. The number of hydrogen-bond donors (Lipinski definition) is 0. The van der Waals surface area contributed by atoms with Gasteiger partial charge in [-0.2, -0.15) is 0 Å². The number of hydrogen-bond acceptors (Lipinski definition) is 1. The molecule has 1 aromatic heterocycles. The van der Waals surface area contributed by atoms with E-state index in [-0.39, 0.29) is 0 Å². The second-order valence-corrected chi connectivity index (χ2v) is 6.32. The molecule has 5 aromatic rings. The zero-order valence-electron chi connectivity index (χ0n) is 13.4. The fourth-order valence-electron chi connectivity index (χ4n) is 3.56. The van der Waals surface area contributed by atoms with Gasteiger partial charge in [0, 0.05) is 16.3 Å². The van der Waals surface area contributed by atoms with Gasteiger partial charge in [0.05, 0.1) is 0 Å². The average molecular weight is 308 g/mol. The maximum Gasteiger partial charge on any atom is 0.143 e. The highest BCUT2D eigenvalue weighted by molar-refractivity contribution is 6.22. The molecule has 114 valence electrons. The number of benzene rings is 4. The summed E-state index contributed by atoms with van der Waals surface area (Å²) in [6.07, 6.45) is 0. The summed E-state index contributed by atoms with van der Waals surface area (Å²) < 4.78 is 6.33. The molecular weight excluding hydrogens is 292 g/mol. The van der Waals surface area contributed by atoms with Crippen LogP contribution < -0.4 is 0 Å². The summed E-state index contributed by atoms with van der Waals surface area (Å²) in [7, 11) is 0. The third-order valence-electron chi connectivity index (χ3n) is 4.70. The minimum absolute atomic E-state index is 0.957. The third-order valence-corrected chi connectivity index (χ3v) is 4.70. The molecule has 0 radical (unpaired) electrons. The molecule has 0 spiro atoms. The molecule has 0 unspecified atom stereocenters. The predicted molar refractivity (Wildman–Crippen MR) is 101 cm³/mol. The molecule has 0 amide bonds. The van der Waals surface area contributed by atoms with Crippen molar-refractivity contribution >= 4 is 32.7 Å². The van der Waals surface area contributed by atoms with Crippen molar-refractivity contribution in [1.82, 2.24) is 0 Å². The summed E-state index contributed by atoms with van der Waals surface area (Å²) >= 11 is 0. The Morgan fingerprint density at radius 3 is 2.38 bits per heavy atom. The summed E-state index contributed by atoms with van der Waals surface area (Å²) in [6.45, 7) is 2.10. The van der Waals surface area contributed by atoms with E-state index in [0.717, 1.165) is 16.7 Å². The highest BCUT2D eigenvalue weighted by Gasteiger charge is 2.15. The van der Waals surface area contributed by atoms with Gasteiger partial charge in [0.15, 0.2) is 0 Å². The van der Waals surface area contributed by atoms with Crippen LogP contribution in [0.5, 0.6) is 0 Å². The monoisotopic (exact) mass is 308 g/mol. The molecule has 0 fully saturated rings. The second-order valence-electron chi connectivity index (χ2n) is 6.32. The Morgan fingerprint density at radius 2 is 1.50 bits per heavy atom. The van der Waals surface area contributed by atoms with Gasteiger partial charge in [0.25, 0.3) is 0 Å². The molecule has 1 nitrogen and oxygen atoms in total. The largest absolute Gasteiger partial charge is 0.455 e. The van der Waals surface area contributed by atoms with E-state index in [2.05, 4.69) is 79.7 Å². The summed E-state index contributed by atoms with van der Waals surface area (Å²) in [5.41, 5.74) is 5.48. The molecule has 1 heterocycles. The van der Waals surface area contributed by atoms with Crippen LogP contribution in [0.15, 0.2) is 83.3 Å². The molecular formula is C23H16O. The van der Waals surface area contributed by atoms with Crippen LogP contribution in [-0.2, 0) is 0 Å². The summed E-state index contributed by atoms with van der Waals surface area (Å²) in [5, 5.41) is 4.88. The van der Waals surface area contributed by atoms with Gasteiger partial charge in [-0.3, -0.25) is 0 Å². The van der Waals surface area contributed by atoms with Gasteiger partial charge in [-0.25, -0.2) is 0 Å². The fraction of sp³-hybridized carbons (Fsp3) is 0.0435. The lowest BCUT2D eigenvalue weighted by molar-refractivity contribution is 0.670. The van der Waals surface area contributed by atoms with Crippen LogP contribution >= 0.6 is 0 Å². The van der Waals surface area contributed by atoms with Gasteiger partial charge in [0.2, 0.25) is 0 Å². The van der Waals surface area contributed by atoms with E-state index < -0.39 is 0 Å². The Kier molecular flexibility index (Phi) is 2.77. The average Bonchev–Trinajstić information content (AvgIpc) is 3.00. The number of fused-ring (bicyclic) bond motifs is 5. The molecule has 0 N–H and O–H groups in total. The van der Waals surface area contributed by atoms with E-state index in [0.29, 0.717) is 0 Å². The van der Waals surface area contributed by atoms with Gasteiger partial charge < -0.3 is 4.42 Å². The van der Waals surface area contributed by atoms with Crippen LogP contribution in [0, 0.1) is 6.92 Å². The second kappa shape index (κ2) is 4.97. The predicted octanol–water partition coefficient (Wildman–Crippen LogP) is 6.71. The highest BCUT2D eigenvalue weighted by Crippen LogP contribution is 2.40. The van der Waals surface area contributed by atoms with Gasteiger partial charge in [0.1, 0.15) is 11.2 Å². The van der Waals surface area contributed by atoms with Crippen LogP contribution in [0.1, 0.15) is 5.56 Å². The number of furan rings is 1. The van der Waals surface area contributed by atoms with E-state index in [1.54, 1.807) is 0 Å². The Labute approximate surface area is 140 Å². The smallest absolute Gasteiger partial charge is 0.143 e. The minimum Gasteiger partial charge on any atom is -0.455 e. The Morgan fingerprint density at radius 1 is 0.708 bits per heavy atom. The van der Waals surface area contributed by atoms with E-state index in [4.69, 9.17) is 4.42 Å². The first-order valence-corrected chi connectivity index (χ1v) is 8.21. The molecule has 4 aromatic carbocycles. The first-order valence-electron chi connectivity index (χ1n) is 8.21. The van der Waals surface area contributed by atoms with Crippen molar-refractivity contribution in [2.45, 2.75) is 6.92 Å². The van der Waals surface area contributed by atoms with Crippen molar-refractivity contribution in [1.29, 1.82) is 0 Å². The zero-order valence-corrected chi connectivity index (χ0v) is 13.4. The summed E-state index contributed by atoms with van der Waals surface area (Å²) in [4.78, 5) is 0. The standard InChI is InChI=1S/C23H16O/c1-15-11-12-19-21(13-15)24-23-20(16-7-3-2-4-8-16)14-17-9-5-6-10-18(17)22(19)23/h2-14H,1H3. The zero-order chi connectivity index (χ0) is 16.1. The van der Waals surface area contributed by atoms with Crippen molar-refractivity contribution in [3.05, 3.63) is 84.4 Å². The number of rotatable bonds is 1. The Hall–Kier alpha value is -3.06. The summed E-state index contributed by atoms with van der Waals surface area (Å²) in [5.74, 6) is 0. The van der Waals surface area contributed by atoms with E-state index in [1.807, 2.05) is 6.07 Å². The van der Waals surface area contributed by atoms with E-state index in [1.165, 1.54) is 32.7 Å². The lowest BCUT2D eigenvalue weighted by atomic mass is 9.96. The van der Waals surface area contributed by atoms with Crippen LogP contribution in [0.2, 0.25) is 0 Å². The molecule has 0 atom stereocenters. The summed E-state index contributed by atoms with van der Waals surface area (Å²) in [6, 6.07) is 27.7. The SMILES string of the molecule is Cc1ccc2c(c1)oc1c(-c3ccccc3)cc3ccccc3c12. The lowest BCUT2D eigenvalue weighted by Crippen LogP contribution is -1.81. The minimum atomic E-state index is 0.957. The van der Waals surface area contributed by atoms with Crippen molar-refractivity contribution in [3.63, 3.8) is 0 Å². The van der Waals surface area contributed by atoms with Crippen LogP contribution in [0.25, 0.3) is 43.8 Å². The normalized spacial score (nSPS) is 11.5. The molecule has 0 aliphatic heterocycles. The fourth-order valence-corrected chi connectivity index (χ4v) is 3.56. The van der Waals surface area contributed by atoms with Crippen LogP contribution in [-0.4, -0.2) is 0 Å². The van der Waals surface area contributed by atoms with E-state index >= 15 is 0 Å². The van der Waals surface area contributed by atoms with Crippen molar-refractivity contribution < 1.29 is 4.42 Å².